The molecule has 1 N–H and O–H groups in total. The van der Waals surface area contributed by atoms with E-state index in [-0.39, 0.29) is 5.69 Å². The van der Waals surface area contributed by atoms with E-state index in [0.29, 0.717) is 22.7 Å². The average molecular weight is 416 g/mol. The highest BCUT2D eigenvalue weighted by molar-refractivity contribution is 6.01. The van der Waals surface area contributed by atoms with Crippen molar-refractivity contribution < 1.29 is 14.5 Å². The minimum atomic E-state index is -0.457. The molecule has 0 fully saturated rings. The molecular formula is C23H20N4O4. The molecular weight excluding hydrogens is 396 g/mol. The number of nitrogens with one attached hydrogen (secondary N) is 1. The second-order valence-corrected chi connectivity index (χ2v) is 6.64. The third-order valence-electron chi connectivity index (χ3n) is 4.13. The number of carbonyl (C=O) groups is 1. The molecule has 0 amide bonds. The number of nitro benzene ring substituents is 1. The van der Waals surface area contributed by atoms with Crippen molar-refractivity contribution in [1.82, 2.24) is 5.43 Å². The maximum absolute atomic E-state index is 11.3. The smallest absolute Gasteiger partial charge is 0.308 e. The second kappa shape index (κ2) is 9.93. The molecule has 0 radical (unpaired) electrons. The SMILES string of the molecule is CC(=O)Oc1cccc(C(=Nc2ccc(C)cc2)N/N=C/c2ccc([N+](=O)[O-])cc2)c1. The molecule has 0 spiro atoms. The van der Waals surface area contributed by atoms with Gasteiger partial charge in [0, 0.05) is 24.6 Å². The summed E-state index contributed by atoms with van der Waals surface area (Å²) in [6, 6.07) is 20.6. The summed E-state index contributed by atoms with van der Waals surface area (Å²) in [4.78, 5) is 26.2. The molecule has 3 aromatic rings. The molecule has 0 bridgehead atoms. The van der Waals surface area contributed by atoms with Crippen molar-refractivity contribution in [2.75, 3.05) is 0 Å². The fourth-order valence-corrected chi connectivity index (χ4v) is 2.63. The first-order valence-corrected chi connectivity index (χ1v) is 9.38. The number of ether oxygens (including phenoxy) is 1. The summed E-state index contributed by atoms with van der Waals surface area (Å²) in [5.41, 5.74) is 6.10. The molecule has 0 unspecified atom stereocenters. The van der Waals surface area contributed by atoms with Crippen LogP contribution in [0.4, 0.5) is 11.4 Å². The van der Waals surface area contributed by atoms with Gasteiger partial charge >= 0.3 is 5.97 Å². The molecule has 0 atom stereocenters. The Balaban J connectivity index is 1.88. The Hall–Kier alpha value is -4.33. The maximum Gasteiger partial charge on any atom is 0.308 e. The summed E-state index contributed by atoms with van der Waals surface area (Å²) < 4.78 is 5.16. The van der Waals surface area contributed by atoms with Gasteiger partial charge in [-0.2, -0.15) is 5.10 Å². The lowest BCUT2D eigenvalue weighted by molar-refractivity contribution is -0.384. The molecule has 8 heteroatoms. The molecule has 0 saturated heterocycles. The van der Waals surface area contributed by atoms with Crippen molar-refractivity contribution in [1.29, 1.82) is 0 Å². The molecule has 0 heterocycles. The number of non-ortho nitro benzene ring substituents is 1. The third-order valence-corrected chi connectivity index (χ3v) is 4.13. The highest BCUT2D eigenvalue weighted by Crippen LogP contribution is 2.18. The van der Waals surface area contributed by atoms with Gasteiger partial charge in [0.15, 0.2) is 5.84 Å². The van der Waals surface area contributed by atoms with E-state index in [1.165, 1.54) is 25.3 Å². The molecule has 8 nitrogen and oxygen atoms in total. The van der Waals surface area contributed by atoms with Crippen LogP contribution in [0.5, 0.6) is 5.75 Å². The zero-order chi connectivity index (χ0) is 22.2. The van der Waals surface area contributed by atoms with Crippen LogP contribution in [0.1, 0.15) is 23.6 Å². The summed E-state index contributed by atoms with van der Waals surface area (Å²) in [5.74, 6) is 0.414. The summed E-state index contributed by atoms with van der Waals surface area (Å²) in [6.07, 6.45) is 1.53. The minimum Gasteiger partial charge on any atom is -0.427 e. The van der Waals surface area contributed by atoms with Gasteiger partial charge in [0.05, 0.1) is 16.8 Å². The van der Waals surface area contributed by atoms with Crippen molar-refractivity contribution in [3.05, 3.63) is 99.6 Å². The van der Waals surface area contributed by atoms with Crippen LogP contribution >= 0.6 is 0 Å². The zero-order valence-electron chi connectivity index (χ0n) is 17.0. The number of rotatable bonds is 6. The van der Waals surface area contributed by atoms with Crippen LogP contribution < -0.4 is 10.2 Å². The van der Waals surface area contributed by atoms with Gasteiger partial charge in [0.25, 0.3) is 5.69 Å². The minimum absolute atomic E-state index is 0.00835. The van der Waals surface area contributed by atoms with E-state index in [2.05, 4.69) is 15.5 Å². The van der Waals surface area contributed by atoms with Gasteiger partial charge in [-0.15, -0.1) is 0 Å². The van der Waals surface area contributed by atoms with Crippen LogP contribution in [0.15, 0.2) is 82.9 Å². The van der Waals surface area contributed by atoms with E-state index in [4.69, 9.17) is 4.74 Å². The van der Waals surface area contributed by atoms with Gasteiger partial charge in [-0.25, -0.2) is 4.99 Å². The molecule has 0 aliphatic heterocycles. The van der Waals surface area contributed by atoms with E-state index >= 15 is 0 Å². The quantitative estimate of drug-likeness (QED) is 0.159. The summed E-state index contributed by atoms with van der Waals surface area (Å²) in [6.45, 7) is 3.32. The van der Waals surface area contributed by atoms with Crippen molar-refractivity contribution in [3.63, 3.8) is 0 Å². The van der Waals surface area contributed by atoms with E-state index < -0.39 is 10.9 Å². The molecule has 156 valence electrons. The largest absolute Gasteiger partial charge is 0.427 e. The monoisotopic (exact) mass is 416 g/mol. The first-order chi connectivity index (χ1) is 14.9. The number of nitrogens with zero attached hydrogens (tertiary/aromatic N) is 3. The highest BCUT2D eigenvalue weighted by Gasteiger charge is 2.07. The van der Waals surface area contributed by atoms with Crippen LogP contribution in [-0.2, 0) is 4.79 Å². The molecule has 3 aromatic carbocycles. The molecule has 31 heavy (non-hydrogen) atoms. The van der Waals surface area contributed by atoms with Gasteiger partial charge < -0.3 is 4.74 Å². The zero-order valence-corrected chi connectivity index (χ0v) is 17.0. The topological polar surface area (TPSA) is 106 Å². The Morgan fingerprint density at radius 1 is 1.06 bits per heavy atom. The van der Waals surface area contributed by atoms with E-state index in [1.54, 1.807) is 30.3 Å². The summed E-state index contributed by atoms with van der Waals surface area (Å²) in [5, 5.41) is 15.0. The Bertz CT molecular complexity index is 1140. The predicted molar refractivity (Wildman–Crippen MR) is 119 cm³/mol. The van der Waals surface area contributed by atoms with Gasteiger partial charge in [0.2, 0.25) is 0 Å². The number of esters is 1. The van der Waals surface area contributed by atoms with E-state index in [9.17, 15) is 14.9 Å². The van der Waals surface area contributed by atoms with Gasteiger partial charge in [-0.3, -0.25) is 20.3 Å². The average Bonchev–Trinajstić information content (AvgIpc) is 2.74. The number of benzene rings is 3. The van der Waals surface area contributed by atoms with Crippen LogP contribution in [0.25, 0.3) is 0 Å². The number of amidine groups is 1. The molecule has 3 rings (SSSR count). The molecule has 0 aliphatic rings. The Morgan fingerprint density at radius 3 is 2.42 bits per heavy atom. The van der Waals surface area contributed by atoms with Crippen molar-refractivity contribution >= 4 is 29.4 Å². The summed E-state index contributed by atoms with van der Waals surface area (Å²) >= 11 is 0. The third kappa shape index (κ3) is 6.33. The van der Waals surface area contributed by atoms with Crippen LogP contribution in [0.3, 0.4) is 0 Å². The number of hydrazone groups is 1. The van der Waals surface area contributed by atoms with Crippen molar-refractivity contribution in [3.8, 4) is 5.75 Å². The fraction of sp³-hybridized carbons (Fsp3) is 0.0870. The first-order valence-electron chi connectivity index (χ1n) is 9.38. The number of nitro groups is 1. The van der Waals surface area contributed by atoms with Crippen LogP contribution in [0.2, 0.25) is 0 Å². The van der Waals surface area contributed by atoms with Crippen molar-refractivity contribution in [2.45, 2.75) is 13.8 Å². The number of carbonyl (C=O) groups excluding carboxylic acids is 1. The summed E-state index contributed by atoms with van der Waals surface area (Å²) in [7, 11) is 0. The fourth-order valence-electron chi connectivity index (χ4n) is 2.63. The number of aliphatic imine (C=N–C) groups is 1. The Labute approximate surface area is 179 Å². The molecule has 0 saturated carbocycles. The number of aryl methyl sites for hydroxylation is 1. The maximum atomic E-state index is 11.3. The number of hydrogen-bond donors (Lipinski definition) is 1. The standard InChI is InChI=1S/C23H20N4O4/c1-16-6-10-20(11-7-16)25-23(19-4-3-5-22(14-19)31-17(2)28)26-24-15-18-8-12-21(13-9-18)27(29)30/h3-15H,1-2H3,(H,25,26)/b24-15+. The first kappa shape index (κ1) is 21.4. The van der Waals surface area contributed by atoms with Crippen LogP contribution in [-0.4, -0.2) is 22.9 Å². The van der Waals surface area contributed by atoms with Crippen molar-refractivity contribution in [2.24, 2.45) is 10.1 Å². The Kier molecular flexibility index (Phi) is 6.85. The molecule has 0 aliphatic carbocycles. The van der Waals surface area contributed by atoms with E-state index in [1.807, 2.05) is 37.3 Å². The van der Waals surface area contributed by atoms with Crippen LogP contribution in [0, 0.1) is 17.0 Å². The lowest BCUT2D eigenvalue weighted by atomic mass is 10.2. The molecule has 0 aromatic heterocycles. The number of hydrogen-bond acceptors (Lipinski definition) is 6. The van der Waals surface area contributed by atoms with E-state index in [0.717, 1.165) is 11.3 Å². The normalized spacial score (nSPS) is 11.4. The predicted octanol–water partition coefficient (Wildman–Crippen LogP) is 4.53. The Morgan fingerprint density at radius 2 is 1.77 bits per heavy atom. The van der Waals surface area contributed by atoms with Gasteiger partial charge in [-0.1, -0.05) is 29.8 Å². The highest BCUT2D eigenvalue weighted by atomic mass is 16.6. The second-order valence-electron chi connectivity index (χ2n) is 6.64. The van der Waals surface area contributed by atoms with Gasteiger partial charge in [0.1, 0.15) is 5.75 Å². The lowest BCUT2D eigenvalue weighted by Crippen LogP contribution is -2.19. The van der Waals surface area contributed by atoms with Gasteiger partial charge in [-0.05, 0) is 48.9 Å². The lowest BCUT2D eigenvalue weighted by Gasteiger charge is -2.09.